The van der Waals surface area contributed by atoms with Crippen LogP contribution in [0, 0.1) is 0 Å². The van der Waals surface area contributed by atoms with E-state index in [-0.39, 0.29) is 5.91 Å². The lowest BCUT2D eigenvalue weighted by Gasteiger charge is -2.36. The van der Waals surface area contributed by atoms with Crippen molar-refractivity contribution in [3.8, 4) is 5.75 Å². The SMILES string of the molecule is CNC(=O)c1ccc(C2CC2)cc1C1(C=O)CCOc2ccccc21. The second kappa shape index (κ2) is 6.03. The van der Waals surface area contributed by atoms with Crippen LogP contribution in [0.25, 0.3) is 0 Å². The number of aldehydes is 1. The number of hydrogen-bond acceptors (Lipinski definition) is 3. The highest BCUT2D eigenvalue weighted by Crippen LogP contribution is 2.46. The minimum absolute atomic E-state index is 0.164. The van der Waals surface area contributed by atoms with Gasteiger partial charge < -0.3 is 14.8 Å². The van der Waals surface area contributed by atoms with Crippen molar-refractivity contribution in [3.63, 3.8) is 0 Å². The largest absolute Gasteiger partial charge is 0.493 e. The van der Waals surface area contributed by atoms with Gasteiger partial charge in [0.25, 0.3) is 5.91 Å². The lowest BCUT2D eigenvalue weighted by molar-refractivity contribution is -0.112. The van der Waals surface area contributed by atoms with Crippen LogP contribution in [0.3, 0.4) is 0 Å². The molecule has 4 nitrogen and oxygen atoms in total. The van der Waals surface area contributed by atoms with Gasteiger partial charge in [0.1, 0.15) is 12.0 Å². The maximum absolute atomic E-state index is 12.5. The molecule has 1 saturated carbocycles. The summed E-state index contributed by atoms with van der Waals surface area (Å²) in [4.78, 5) is 24.9. The highest BCUT2D eigenvalue weighted by Gasteiger charge is 2.42. The molecule has 1 aliphatic carbocycles. The van der Waals surface area contributed by atoms with E-state index in [1.54, 1.807) is 7.05 Å². The quantitative estimate of drug-likeness (QED) is 0.873. The molecule has 4 rings (SSSR count). The van der Waals surface area contributed by atoms with Crippen LogP contribution in [0.15, 0.2) is 42.5 Å². The van der Waals surface area contributed by atoms with Crippen molar-refractivity contribution in [2.45, 2.75) is 30.6 Å². The van der Waals surface area contributed by atoms with Gasteiger partial charge in [0.15, 0.2) is 0 Å². The number of benzene rings is 2. The van der Waals surface area contributed by atoms with Gasteiger partial charge in [0.2, 0.25) is 0 Å². The van der Waals surface area contributed by atoms with E-state index in [9.17, 15) is 9.59 Å². The molecule has 25 heavy (non-hydrogen) atoms. The Hall–Kier alpha value is -2.62. The molecule has 0 radical (unpaired) electrons. The molecule has 1 aliphatic heterocycles. The molecule has 2 aromatic rings. The van der Waals surface area contributed by atoms with Crippen molar-refractivity contribution in [2.24, 2.45) is 0 Å². The predicted octanol–water partition coefficient (Wildman–Crippen LogP) is 3.19. The number of rotatable bonds is 4. The lowest BCUT2D eigenvalue weighted by atomic mass is 9.69. The Morgan fingerprint density at radius 3 is 2.72 bits per heavy atom. The minimum atomic E-state index is -0.846. The maximum atomic E-state index is 12.5. The number of fused-ring (bicyclic) bond motifs is 1. The van der Waals surface area contributed by atoms with Gasteiger partial charge in [0.05, 0.1) is 12.0 Å². The van der Waals surface area contributed by atoms with Gasteiger partial charge in [-0.2, -0.15) is 0 Å². The summed E-state index contributed by atoms with van der Waals surface area (Å²) in [5.41, 5.74) is 2.57. The van der Waals surface area contributed by atoms with Crippen LogP contribution in [-0.2, 0) is 10.2 Å². The second-order valence-corrected chi connectivity index (χ2v) is 6.84. The predicted molar refractivity (Wildman–Crippen MR) is 95.2 cm³/mol. The fourth-order valence-corrected chi connectivity index (χ4v) is 3.82. The van der Waals surface area contributed by atoms with E-state index in [4.69, 9.17) is 4.74 Å². The summed E-state index contributed by atoms with van der Waals surface area (Å²) in [6.07, 6.45) is 3.87. The first-order valence-corrected chi connectivity index (χ1v) is 8.75. The zero-order valence-corrected chi connectivity index (χ0v) is 14.2. The number of carbonyl (C=O) groups excluding carboxylic acids is 2. The number of nitrogens with one attached hydrogen (secondary N) is 1. The average Bonchev–Trinajstić information content (AvgIpc) is 3.51. The first-order valence-electron chi connectivity index (χ1n) is 8.75. The van der Waals surface area contributed by atoms with E-state index in [0.29, 0.717) is 24.5 Å². The van der Waals surface area contributed by atoms with Crippen LogP contribution in [0.5, 0.6) is 5.75 Å². The molecule has 0 bridgehead atoms. The monoisotopic (exact) mass is 335 g/mol. The molecule has 1 atom stereocenters. The molecule has 0 saturated heterocycles. The van der Waals surface area contributed by atoms with Crippen LogP contribution >= 0.6 is 0 Å². The molecular formula is C21H21NO3. The fourth-order valence-electron chi connectivity index (χ4n) is 3.82. The van der Waals surface area contributed by atoms with E-state index in [1.165, 1.54) is 18.4 Å². The van der Waals surface area contributed by atoms with Gasteiger partial charge in [0, 0.05) is 24.6 Å². The van der Waals surface area contributed by atoms with Crippen molar-refractivity contribution >= 4 is 12.2 Å². The molecular weight excluding hydrogens is 314 g/mol. The summed E-state index contributed by atoms with van der Waals surface area (Å²) < 4.78 is 5.76. The highest BCUT2D eigenvalue weighted by molar-refractivity contribution is 5.98. The number of hydrogen-bond donors (Lipinski definition) is 1. The summed E-state index contributed by atoms with van der Waals surface area (Å²) in [5, 5.41) is 2.70. The summed E-state index contributed by atoms with van der Waals surface area (Å²) >= 11 is 0. The first kappa shape index (κ1) is 15.9. The molecule has 2 aliphatic rings. The van der Waals surface area contributed by atoms with Gasteiger partial charge in [-0.25, -0.2) is 0 Å². The van der Waals surface area contributed by atoms with Crippen molar-refractivity contribution in [1.82, 2.24) is 5.32 Å². The Labute approximate surface area is 147 Å². The molecule has 1 N–H and O–H groups in total. The Morgan fingerprint density at radius 2 is 2.00 bits per heavy atom. The number of carbonyl (C=O) groups is 2. The third kappa shape index (κ3) is 2.53. The molecule has 1 amide bonds. The second-order valence-electron chi connectivity index (χ2n) is 6.84. The summed E-state index contributed by atoms with van der Waals surface area (Å²) in [6.45, 7) is 0.455. The van der Waals surface area contributed by atoms with E-state index in [1.807, 2.05) is 36.4 Å². The number of para-hydroxylation sites is 1. The van der Waals surface area contributed by atoms with Gasteiger partial charge in [-0.15, -0.1) is 0 Å². The van der Waals surface area contributed by atoms with Gasteiger partial charge in [-0.3, -0.25) is 4.79 Å². The highest BCUT2D eigenvalue weighted by atomic mass is 16.5. The zero-order valence-electron chi connectivity index (χ0n) is 14.2. The molecule has 1 fully saturated rings. The molecule has 4 heteroatoms. The summed E-state index contributed by atoms with van der Waals surface area (Å²) in [5.74, 6) is 1.11. The first-order chi connectivity index (χ1) is 12.2. The molecule has 1 unspecified atom stereocenters. The van der Waals surface area contributed by atoms with Crippen LogP contribution in [0.2, 0.25) is 0 Å². The third-order valence-electron chi connectivity index (χ3n) is 5.37. The van der Waals surface area contributed by atoms with E-state index >= 15 is 0 Å². The number of ether oxygens (including phenoxy) is 1. The van der Waals surface area contributed by atoms with Crippen LogP contribution in [0.1, 0.15) is 52.2 Å². The van der Waals surface area contributed by atoms with Crippen LogP contribution in [-0.4, -0.2) is 25.8 Å². The fraction of sp³-hybridized carbons (Fsp3) is 0.333. The van der Waals surface area contributed by atoms with Gasteiger partial charge in [-0.1, -0.05) is 30.3 Å². The average molecular weight is 335 g/mol. The molecule has 0 spiro atoms. The normalized spacial score (nSPS) is 21.8. The van der Waals surface area contributed by atoms with Crippen molar-refractivity contribution < 1.29 is 14.3 Å². The molecule has 2 aromatic carbocycles. The molecule has 128 valence electrons. The topological polar surface area (TPSA) is 55.4 Å². The Kier molecular flexibility index (Phi) is 3.83. The zero-order chi connectivity index (χ0) is 17.4. The molecule has 0 aromatic heterocycles. The van der Waals surface area contributed by atoms with E-state index < -0.39 is 5.41 Å². The van der Waals surface area contributed by atoms with Gasteiger partial charge >= 0.3 is 0 Å². The Morgan fingerprint density at radius 1 is 1.20 bits per heavy atom. The van der Waals surface area contributed by atoms with Crippen LogP contribution in [0.4, 0.5) is 0 Å². The minimum Gasteiger partial charge on any atom is -0.493 e. The standard InChI is InChI=1S/C21H21NO3/c1-22-20(24)16-9-8-15(14-6-7-14)12-18(16)21(13-23)10-11-25-19-5-3-2-4-17(19)21/h2-5,8-9,12-14H,6-7,10-11H2,1H3,(H,22,24). The van der Waals surface area contributed by atoms with Gasteiger partial charge in [-0.05, 0) is 42.0 Å². The van der Waals surface area contributed by atoms with Crippen molar-refractivity contribution in [1.29, 1.82) is 0 Å². The summed E-state index contributed by atoms with van der Waals surface area (Å²) in [6, 6.07) is 13.6. The summed E-state index contributed by atoms with van der Waals surface area (Å²) in [7, 11) is 1.62. The van der Waals surface area contributed by atoms with Crippen LogP contribution < -0.4 is 10.1 Å². The maximum Gasteiger partial charge on any atom is 0.251 e. The van der Waals surface area contributed by atoms with Crippen molar-refractivity contribution in [2.75, 3.05) is 13.7 Å². The van der Waals surface area contributed by atoms with E-state index in [0.717, 1.165) is 23.2 Å². The lowest BCUT2D eigenvalue weighted by Crippen LogP contribution is -2.38. The smallest absolute Gasteiger partial charge is 0.251 e. The van der Waals surface area contributed by atoms with E-state index in [2.05, 4.69) is 11.4 Å². The number of amides is 1. The van der Waals surface area contributed by atoms with Crippen molar-refractivity contribution in [3.05, 3.63) is 64.7 Å². The Bertz CT molecular complexity index is 841. The third-order valence-corrected chi connectivity index (χ3v) is 5.37. The Balaban J connectivity index is 1.96. The molecule has 1 heterocycles.